The van der Waals surface area contributed by atoms with Gasteiger partial charge >= 0.3 is 0 Å². The van der Waals surface area contributed by atoms with Gasteiger partial charge in [-0.15, -0.1) is 0 Å². The van der Waals surface area contributed by atoms with Crippen molar-refractivity contribution in [2.75, 3.05) is 0 Å². The molecule has 0 aromatic carbocycles. The van der Waals surface area contributed by atoms with Crippen molar-refractivity contribution in [1.29, 1.82) is 0 Å². The molecule has 104 valence electrons. The summed E-state index contributed by atoms with van der Waals surface area (Å²) in [6.07, 6.45) is 5.35. The molecule has 2 rings (SSSR count). The third kappa shape index (κ3) is 3.09. The Hall–Kier alpha value is -2.50. The summed E-state index contributed by atoms with van der Waals surface area (Å²) in [6, 6.07) is 3.52. The lowest BCUT2D eigenvalue weighted by molar-refractivity contribution is 0.0933. The van der Waals surface area contributed by atoms with Crippen LogP contribution in [0.2, 0.25) is 0 Å². The highest BCUT2D eigenvalue weighted by molar-refractivity contribution is 5.93. The van der Waals surface area contributed by atoms with E-state index in [0.29, 0.717) is 12.2 Å². The van der Waals surface area contributed by atoms with Crippen LogP contribution in [0.4, 0.5) is 0 Å². The van der Waals surface area contributed by atoms with Crippen molar-refractivity contribution in [2.45, 2.75) is 26.3 Å². The maximum Gasteiger partial charge on any atom is 0.263 e. The highest BCUT2D eigenvalue weighted by atomic mass is 16.2. The van der Waals surface area contributed by atoms with Crippen molar-refractivity contribution >= 4 is 5.91 Å². The second-order valence-electron chi connectivity index (χ2n) is 4.43. The first kappa shape index (κ1) is 13.9. The summed E-state index contributed by atoms with van der Waals surface area (Å²) >= 11 is 0. The Bertz CT molecular complexity index is 652. The number of carbonyl (C=O) groups excluding carboxylic acids is 1. The maximum atomic E-state index is 12.1. The fraction of sp³-hybridized carbons (Fsp3) is 0.286. The minimum Gasteiger partial charge on any atom is -0.345 e. The molecule has 0 saturated carbocycles. The monoisotopic (exact) mass is 272 g/mol. The molecular formula is C14H16N4O2. The average molecular weight is 272 g/mol. The number of aromatic nitrogens is 3. The Morgan fingerprint density at radius 3 is 2.70 bits per heavy atom. The number of hydrogen-bond acceptors (Lipinski definition) is 4. The number of aromatic amines is 1. The van der Waals surface area contributed by atoms with Crippen LogP contribution in [0.15, 0.2) is 35.5 Å². The molecule has 0 fully saturated rings. The predicted octanol–water partition coefficient (Wildman–Crippen LogP) is 1.35. The number of nitrogens with one attached hydrogen (secondary N) is 2. The first-order chi connectivity index (χ1) is 9.61. The molecular weight excluding hydrogens is 256 g/mol. The fourth-order valence-electron chi connectivity index (χ4n) is 1.90. The normalized spacial score (nSPS) is 11.9. The highest BCUT2D eigenvalue weighted by Gasteiger charge is 2.16. The number of H-pyrrole nitrogens is 1. The molecule has 6 heteroatoms. The van der Waals surface area contributed by atoms with E-state index in [1.54, 1.807) is 19.3 Å². The Morgan fingerprint density at radius 2 is 2.10 bits per heavy atom. The molecule has 0 aliphatic heterocycles. The van der Waals surface area contributed by atoms with E-state index in [-0.39, 0.29) is 11.6 Å². The molecule has 1 amide bonds. The second kappa shape index (κ2) is 6.10. The molecule has 0 aliphatic rings. The average Bonchev–Trinajstić information content (AvgIpc) is 2.45. The second-order valence-corrected chi connectivity index (χ2v) is 4.43. The molecule has 2 heterocycles. The third-order valence-corrected chi connectivity index (χ3v) is 2.99. The van der Waals surface area contributed by atoms with E-state index in [1.165, 1.54) is 6.20 Å². The van der Waals surface area contributed by atoms with E-state index < -0.39 is 11.5 Å². The summed E-state index contributed by atoms with van der Waals surface area (Å²) in [5, 5.41) is 2.83. The number of nitrogens with zero attached hydrogens (tertiary/aromatic N) is 2. The number of amides is 1. The van der Waals surface area contributed by atoms with Crippen molar-refractivity contribution < 1.29 is 4.79 Å². The van der Waals surface area contributed by atoms with E-state index >= 15 is 0 Å². The molecule has 0 aliphatic carbocycles. The van der Waals surface area contributed by atoms with Crippen molar-refractivity contribution in [3.8, 4) is 0 Å². The zero-order valence-corrected chi connectivity index (χ0v) is 11.4. The predicted molar refractivity (Wildman–Crippen MR) is 74.3 cm³/mol. The minimum atomic E-state index is -0.431. The van der Waals surface area contributed by atoms with Crippen LogP contribution >= 0.6 is 0 Å². The number of pyridine rings is 1. The van der Waals surface area contributed by atoms with Gasteiger partial charge in [0.2, 0.25) is 0 Å². The van der Waals surface area contributed by atoms with E-state index in [9.17, 15) is 9.59 Å². The van der Waals surface area contributed by atoms with Crippen LogP contribution in [0.25, 0.3) is 0 Å². The van der Waals surface area contributed by atoms with Gasteiger partial charge in [0.1, 0.15) is 11.4 Å². The minimum absolute atomic E-state index is 0.0168. The van der Waals surface area contributed by atoms with E-state index in [2.05, 4.69) is 20.3 Å². The van der Waals surface area contributed by atoms with Crippen molar-refractivity contribution in [2.24, 2.45) is 0 Å². The Kier molecular flexibility index (Phi) is 4.24. The van der Waals surface area contributed by atoms with E-state index in [0.717, 1.165) is 5.56 Å². The van der Waals surface area contributed by atoms with Crippen molar-refractivity contribution in [3.63, 3.8) is 0 Å². The van der Waals surface area contributed by atoms with Crippen molar-refractivity contribution in [1.82, 2.24) is 20.3 Å². The quantitative estimate of drug-likeness (QED) is 0.879. The lowest BCUT2D eigenvalue weighted by Crippen LogP contribution is -2.33. The fourth-order valence-corrected chi connectivity index (χ4v) is 1.90. The smallest absolute Gasteiger partial charge is 0.263 e. The summed E-state index contributed by atoms with van der Waals surface area (Å²) in [6.45, 7) is 3.62. The maximum absolute atomic E-state index is 12.1. The van der Waals surface area contributed by atoms with Gasteiger partial charge in [0, 0.05) is 18.6 Å². The zero-order chi connectivity index (χ0) is 14.5. The van der Waals surface area contributed by atoms with Gasteiger partial charge < -0.3 is 10.3 Å². The molecule has 20 heavy (non-hydrogen) atoms. The molecule has 0 bridgehead atoms. The molecule has 2 aromatic rings. The standard InChI is InChI=1S/C14H16N4O2/c1-3-12(10-4-6-15-7-5-10)18-14(20)11-8-16-9(2)17-13(11)19/h4-8,12H,3H2,1-2H3,(H,18,20)(H,16,17,19)/t12-/m0/s1. The van der Waals surface area contributed by atoms with Gasteiger partial charge in [-0.3, -0.25) is 14.6 Å². The number of hydrogen-bond donors (Lipinski definition) is 2. The van der Waals surface area contributed by atoms with Gasteiger partial charge in [0.05, 0.1) is 6.04 Å². The number of aryl methyl sites for hydroxylation is 1. The SMILES string of the molecule is CC[C@H](NC(=O)c1cnc(C)[nH]c1=O)c1ccncc1. The molecule has 0 spiro atoms. The molecule has 2 aromatic heterocycles. The van der Waals surface area contributed by atoms with Crippen LogP contribution < -0.4 is 10.9 Å². The van der Waals surface area contributed by atoms with E-state index in [1.807, 2.05) is 19.1 Å². The van der Waals surface area contributed by atoms with Crippen LogP contribution in [-0.4, -0.2) is 20.9 Å². The lowest BCUT2D eigenvalue weighted by Gasteiger charge is -2.16. The van der Waals surface area contributed by atoms with Gasteiger partial charge in [-0.25, -0.2) is 4.98 Å². The van der Waals surface area contributed by atoms with Gasteiger partial charge in [0.25, 0.3) is 11.5 Å². The van der Waals surface area contributed by atoms with Gasteiger partial charge in [0.15, 0.2) is 0 Å². The largest absolute Gasteiger partial charge is 0.345 e. The first-order valence-electron chi connectivity index (χ1n) is 6.38. The van der Waals surface area contributed by atoms with Crippen LogP contribution in [0.1, 0.15) is 41.1 Å². The molecule has 1 atom stereocenters. The Morgan fingerprint density at radius 1 is 1.40 bits per heavy atom. The number of carbonyl (C=O) groups is 1. The zero-order valence-electron chi connectivity index (χ0n) is 11.4. The molecule has 2 N–H and O–H groups in total. The Labute approximate surface area is 116 Å². The lowest BCUT2D eigenvalue weighted by atomic mass is 10.1. The van der Waals surface area contributed by atoms with Gasteiger partial charge in [-0.2, -0.15) is 0 Å². The first-order valence-corrected chi connectivity index (χ1v) is 6.38. The molecule has 6 nitrogen and oxygen atoms in total. The van der Waals surface area contributed by atoms with Crippen LogP contribution in [0, 0.1) is 6.92 Å². The summed E-state index contributed by atoms with van der Waals surface area (Å²) in [7, 11) is 0. The van der Waals surface area contributed by atoms with Crippen LogP contribution in [0.5, 0.6) is 0 Å². The van der Waals surface area contributed by atoms with Gasteiger partial charge in [-0.1, -0.05) is 6.92 Å². The molecule has 0 radical (unpaired) electrons. The molecule has 0 saturated heterocycles. The topological polar surface area (TPSA) is 87.7 Å². The summed E-state index contributed by atoms with van der Waals surface area (Å²) < 4.78 is 0. The summed E-state index contributed by atoms with van der Waals surface area (Å²) in [4.78, 5) is 34.3. The van der Waals surface area contributed by atoms with Crippen molar-refractivity contribution in [3.05, 3.63) is 58.0 Å². The van der Waals surface area contributed by atoms with E-state index in [4.69, 9.17) is 0 Å². The van der Waals surface area contributed by atoms with Gasteiger partial charge in [-0.05, 0) is 31.0 Å². The summed E-state index contributed by atoms with van der Waals surface area (Å²) in [5.74, 6) is 0.0511. The molecule has 0 unspecified atom stereocenters. The van der Waals surface area contributed by atoms with Crippen LogP contribution in [-0.2, 0) is 0 Å². The Balaban J connectivity index is 2.20. The third-order valence-electron chi connectivity index (χ3n) is 2.99. The highest BCUT2D eigenvalue weighted by Crippen LogP contribution is 2.15. The summed E-state index contributed by atoms with van der Waals surface area (Å²) in [5.41, 5.74) is 0.537. The van der Waals surface area contributed by atoms with Crippen LogP contribution in [0.3, 0.4) is 0 Å². The number of rotatable bonds is 4.